The summed E-state index contributed by atoms with van der Waals surface area (Å²) < 4.78 is 0.315. The van der Waals surface area contributed by atoms with E-state index in [1.165, 1.54) is 24.0 Å². The van der Waals surface area contributed by atoms with Crippen LogP contribution in [0.4, 0.5) is 0 Å². The molecular formula is C15H24S. The van der Waals surface area contributed by atoms with Crippen molar-refractivity contribution >= 4 is 11.8 Å². The van der Waals surface area contributed by atoms with E-state index in [4.69, 9.17) is 0 Å². The van der Waals surface area contributed by atoms with Crippen molar-refractivity contribution in [2.75, 3.05) is 6.26 Å². The largest absolute Gasteiger partial charge is 0.154 e. The Labute approximate surface area is 105 Å². The summed E-state index contributed by atoms with van der Waals surface area (Å²) in [6.45, 7) is 9.07. The lowest BCUT2D eigenvalue weighted by Gasteiger charge is -2.30. The number of thioether (sulfide) groups is 1. The molecule has 0 saturated carbocycles. The molecule has 90 valence electrons. The molecule has 0 saturated heterocycles. The molecule has 0 aromatic heterocycles. The second-order valence-corrected chi connectivity index (χ2v) is 5.87. The summed E-state index contributed by atoms with van der Waals surface area (Å²) in [4.78, 5) is 0. The maximum atomic E-state index is 2.32. The normalized spacial score (nSPS) is 12.1. The molecule has 0 heterocycles. The van der Waals surface area contributed by atoms with E-state index in [0.717, 1.165) is 0 Å². The lowest BCUT2D eigenvalue weighted by atomic mass is 9.91. The first-order valence-electron chi connectivity index (χ1n) is 6.25. The highest BCUT2D eigenvalue weighted by atomic mass is 32.2. The highest BCUT2D eigenvalue weighted by Gasteiger charge is 2.26. The molecule has 0 N–H and O–H groups in total. The predicted molar refractivity (Wildman–Crippen MR) is 76.3 cm³/mol. The first kappa shape index (κ1) is 13.6. The van der Waals surface area contributed by atoms with Crippen molar-refractivity contribution in [1.29, 1.82) is 0 Å². The van der Waals surface area contributed by atoms with Crippen LogP contribution in [0.2, 0.25) is 0 Å². The van der Waals surface area contributed by atoms with Gasteiger partial charge in [-0.25, -0.2) is 0 Å². The van der Waals surface area contributed by atoms with E-state index >= 15 is 0 Å². The quantitative estimate of drug-likeness (QED) is 0.678. The van der Waals surface area contributed by atoms with Crippen LogP contribution in [0.15, 0.2) is 24.3 Å². The summed E-state index contributed by atoms with van der Waals surface area (Å²) in [7, 11) is 0. The smallest absolute Gasteiger partial charge is 0.0400 e. The molecule has 0 aliphatic heterocycles. The van der Waals surface area contributed by atoms with Gasteiger partial charge >= 0.3 is 0 Å². The number of benzene rings is 1. The van der Waals surface area contributed by atoms with Gasteiger partial charge < -0.3 is 0 Å². The Morgan fingerprint density at radius 1 is 1.06 bits per heavy atom. The molecule has 0 fully saturated rings. The van der Waals surface area contributed by atoms with E-state index < -0.39 is 0 Å². The summed E-state index contributed by atoms with van der Waals surface area (Å²) in [6, 6.07) is 9.21. The van der Waals surface area contributed by atoms with Crippen molar-refractivity contribution in [2.45, 2.75) is 51.2 Å². The van der Waals surface area contributed by atoms with Gasteiger partial charge in [0.1, 0.15) is 0 Å². The minimum absolute atomic E-state index is 0.315. The SMILES string of the molecule is CCC(CC)(SC)c1ccc(C(C)C)cc1. The van der Waals surface area contributed by atoms with Crippen LogP contribution in [-0.2, 0) is 4.75 Å². The van der Waals surface area contributed by atoms with Crippen LogP contribution >= 0.6 is 11.8 Å². The molecule has 0 amide bonds. The van der Waals surface area contributed by atoms with E-state index in [2.05, 4.69) is 58.2 Å². The first-order valence-corrected chi connectivity index (χ1v) is 7.47. The van der Waals surface area contributed by atoms with Crippen LogP contribution < -0.4 is 0 Å². The van der Waals surface area contributed by atoms with Gasteiger partial charge in [-0.1, -0.05) is 52.0 Å². The minimum Gasteiger partial charge on any atom is -0.154 e. The Morgan fingerprint density at radius 3 is 1.88 bits per heavy atom. The van der Waals surface area contributed by atoms with Crippen LogP contribution in [0, 0.1) is 0 Å². The summed E-state index contributed by atoms with van der Waals surface area (Å²) in [5.74, 6) is 0.626. The van der Waals surface area contributed by atoms with Crippen molar-refractivity contribution < 1.29 is 0 Å². The van der Waals surface area contributed by atoms with Crippen LogP contribution in [0.25, 0.3) is 0 Å². The van der Waals surface area contributed by atoms with E-state index in [-0.39, 0.29) is 0 Å². The van der Waals surface area contributed by atoms with E-state index in [9.17, 15) is 0 Å². The topological polar surface area (TPSA) is 0 Å². The van der Waals surface area contributed by atoms with Crippen LogP contribution in [-0.4, -0.2) is 6.26 Å². The van der Waals surface area contributed by atoms with Gasteiger partial charge in [-0.3, -0.25) is 0 Å². The zero-order chi connectivity index (χ0) is 12.2. The highest BCUT2D eigenvalue weighted by molar-refractivity contribution is 7.99. The molecule has 0 aliphatic carbocycles. The molecule has 0 spiro atoms. The Morgan fingerprint density at radius 2 is 1.56 bits per heavy atom. The third-order valence-electron chi connectivity index (χ3n) is 3.64. The number of rotatable bonds is 5. The van der Waals surface area contributed by atoms with Gasteiger partial charge in [0.05, 0.1) is 0 Å². The standard InChI is InChI=1S/C15H24S/c1-6-15(7-2,16-5)14-10-8-13(9-11-14)12(3)4/h8-12H,6-7H2,1-5H3. The molecular weight excluding hydrogens is 212 g/mol. The molecule has 0 atom stereocenters. The fourth-order valence-corrected chi connectivity index (χ4v) is 3.19. The van der Waals surface area contributed by atoms with Crippen LogP contribution in [0.5, 0.6) is 0 Å². The van der Waals surface area contributed by atoms with Crippen LogP contribution in [0.1, 0.15) is 57.6 Å². The van der Waals surface area contributed by atoms with Gasteiger partial charge in [0, 0.05) is 4.75 Å². The lowest BCUT2D eigenvalue weighted by Crippen LogP contribution is -2.19. The zero-order valence-corrected chi connectivity index (χ0v) is 12.0. The third kappa shape index (κ3) is 2.63. The summed E-state index contributed by atoms with van der Waals surface area (Å²) >= 11 is 1.98. The molecule has 1 heteroatoms. The average molecular weight is 236 g/mol. The molecule has 0 nitrogen and oxygen atoms in total. The maximum absolute atomic E-state index is 2.32. The third-order valence-corrected chi connectivity index (χ3v) is 5.23. The van der Waals surface area contributed by atoms with Crippen molar-refractivity contribution in [3.63, 3.8) is 0 Å². The first-order chi connectivity index (χ1) is 7.59. The second-order valence-electron chi connectivity index (χ2n) is 4.68. The Bertz CT molecular complexity index is 298. The maximum Gasteiger partial charge on any atom is 0.0400 e. The Hall–Kier alpha value is -0.430. The van der Waals surface area contributed by atoms with E-state index in [1.54, 1.807) is 0 Å². The predicted octanol–water partition coefficient (Wildman–Crippen LogP) is 5.19. The summed E-state index contributed by atoms with van der Waals surface area (Å²) in [5, 5.41) is 0. The molecule has 1 aromatic carbocycles. The number of hydrogen-bond donors (Lipinski definition) is 0. The van der Waals surface area contributed by atoms with Crippen molar-refractivity contribution in [3.8, 4) is 0 Å². The molecule has 0 unspecified atom stereocenters. The van der Waals surface area contributed by atoms with Gasteiger partial charge in [0.25, 0.3) is 0 Å². The van der Waals surface area contributed by atoms with Crippen LogP contribution in [0.3, 0.4) is 0 Å². The molecule has 0 radical (unpaired) electrons. The fraction of sp³-hybridized carbons (Fsp3) is 0.600. The Balaban J connectivity index is 3.03. The van der Waals surface area contributed by atoms with Crippen molar-refractivity contribution in [3.05, 3.63) is 35.4 Å². The monoisotopic (exact) mass is 236 g/mol. The van der Waals surface area contributed by atoms with Gasteiger partial charge in [-0.05, 0) is 36.1 Å². The molecule has 0 aliphatic rings. The van der Waals surface area contributed by atoms with Crippen molar-refractivity contribution in [2.24, 2.45) is 0 Å². The zero-order valence-electron chi connectivity index (χ0n) is 11.2. The van der Waals surface area contributed by atoms with Gasteiger partial charge in [-0.2, -0.15) is 11.8 Å². The summed E-state index contributed by atoms with van der Waals surface area (Å²) in [5.41, 5.74) is 2.92. The Kier molecular flexibility index (Phi) is 4.91. The fourth-order valence-electron chi connectivity index (χ4n) is 2.24. The van der Waals surface area contributed by atoms with Gasteiger partial charge in [0.2, 0.25) is 0 Å². The minimum atomic E-state index is 0.315. The summed E-state index contributed by atoms with van der Waals surface area (Å²) in [6.07, 6.45) is 4.63. The van der Waals surface area contributed by atoms with E-state index in [1.807, 2.05) is 11.8 Å². The highest BCUT2D eigenvalue weighted by Crippen LogP contribution is 2.41. The molecule has 1 aromatic rings. The van der Waals surface area contributed by atoms with E-state index in [0.29, 0.717) is 10.7 Å². The van der Waals surface area contributed by atoms with Gasteiger partial charge in [0.15, 0.2) is 0 Å². The molecule has 0 bridgehead atoms. The molecule has 1 rings (SSSR count). The molecule has 16 heavy (non-hydrogen) atoms. The van der Waals surface area contributed by atoms with Gasteiger partial charge in [-0.15, -0.1) is 0 Å². The average Bonchev–Trinajstić information content (AvgIpc) is 2.33. The lowest BCUT2D eigenvalue weighted by molar-refractivity contribution is 0.580. The second kappa shape index (κ2) is 5.77. The number of hydrogen-bond acceptors (Lipinski definition) is 1. The van der Waals surface area contributed by atoms with Crippen molar-refractivity contribution in [1.82, 2.24) is 0 Å².